The van der Waals surface area contributed by atoms with Crippen LogP contribution in [-0.2, 0) is 6.54 Å². The Morgan fingerprint density at radius 1 is 0.400 bits per heavy atom. The van der Waals surface area contributed by atoms with E-state index in [-0.39, 0.29) is 0 Å². The largest absolute Gasteiger partial charge is 0.383 e. The molecule has 0 amide bonds. The number of nitrogens with two attached hydrogens (primary N) is 1. The highest BCUT2D eigenvalue weighted by atomic mass is 15.0. The van der Waals surface area contributed by atoms with Crippen molar-refractivity contribution in [3.8, 4) is 77.9 Å². The van der Waals surface area contributed by atoms with Gasteiger partial charge in [0.2, 0.25) is 0 Å². The first-order valence-corrected chi connectivity index (χ1v) is 23.6. The molecule has 70 heavy (non-hydrogen) atoms. The Labute approximate surface area is 407 Å². The van der Waals surface area contributed by atoms with Gasteiger partial charge in [-0.25, -0.2) is 9.84 Å². The predicted octanol–water partition coefficient (Wildman–Crippen LogP) is 16.9. The summed E-state index contributed by atoms with van der Waals surface area (Å²) >= 11 is 0. The van der Waals surface area contributed by atoms with Gasteiger partial charge in [-0.15, -0.1) is 0 Å². The van der Waals surface area contributed by atoms with Crippen LogP contribution < -0.4 is 5.73 Å². The molecule has 0 aliphatic heterocycles. The van der Waals surface area contributed by atoms with Gasteiger partial charge in [-0.1, -0.05) is 237 Å². The fourth-order valence-electron chi connectivity index (χ4n) is 10.3. The average molecular weight is 893 g/mol. The number of hydrogen-bond acceptors (Lipinski definition) is 1. The Balaban J connectivity index is 0.946. The van der Waals surface area contributed by atoms with Crippen LogP contribution in [-0.4, -0.2) is 11.7 Å². The lowest BCUT2D eigenvalue weighted by Gasteiger charge is -2.17. The molecular weight excluding hydrogens is 849 g/mol. The molecule has 0 fully saturated rings. The SMILES string of the molecule is [C-]#[N+]c1ccc(-c2cccc(-c3ccccc3-c3ccc4c5c(cccc35)-c3ccccc3-4)c2)cc1-c1ccccc1-c1ccccc1C(N=C(N)c1ccccc1)=NCc1cccc2ccccc12. The van der Waals surface area contributed by atoms with E-state index in [1.807, 2.05) is 60.7 Å². The number of amidine groups is 2. The minimum Gasteiger partial charge on any atom is -0.383 e. The standard InChI is InChI=1S/C66H44N4/c1-68-63-39-36-46(45-22-16-23-47(40-45)50-26-7-8-27-51(50)57-37-38-60-54-30-11-10-29-53(54)58-34-17-35-59(57)64(58)60)41-62(63)56-32-12-9-28-52(56)55-31-13-14-33-61(55)66(70-65(67)44-19-3-2-4-20-44)69-42-48-24-15-21-43-18-5-6-25-49(43)48/h2-41H,42H2,(H2,67,69,70). The van der Waals surface area contributed by atoms with E-state index in [0.717, 1.165) is 72.0 Å². The molecular formula is C66H44N4. The summed E-state index contributed by atoms with van der Waals surface area (Å²) in [5.41, 5.74) is 25.7. The lowest BCUT2D eigenvalue weighted by Crippen LogP contribution is -2.16. The van der Waals surface area contributed by atoms with Crippen LogP contribution in [0.15, 0.2) is 253 Å². The Morgan fingerprint density at radius 3 is 1.70 bits per heavy atom. The third-order valence-electron chi connectivity index (χ3n) is 13.6. The summed E-state index contributed by atoms with van der Waals surface area (Å²) in [4.78, 5) is 14.4. The van der Waals surface area contributed by atoms with Gasteiger partial charge in [-0.05, 0) is 111 Å². The predicted molar refractivity (Wildman–Crippen MR) is 293 cm³/mol. The van der Waals surface area contributed by atoms with E-state index >= 15 is 0 Å². The van der Waals surface area contributed by atoms with Crippen LogP contribution in [0.2, 0.25) is 0 Å². The summed E-state index contributed by atoms with van der Waals surface area (Å²) < 4.78 is 0. The molecule has 0 heterocycles. The number of benzene rings is 11. The molecule has 2 N–H and O–H groups in total. The Morgan fingerprint density at radius 2 is 0.929 bits per heavy atom. The number of rotatable bonds is 9. The minimum atomic E-state index is 0.379. The second-order valence-electron chi connectivity index (χ2n) is 17.6. The summed E-state index contributed by atoms with van der Waals surface area (Å²) in [6, 6.07) is 84.8. The van der Waals surface area contributed by atoms with Crippen LogP contribution in [0.1, 0.15) is 16.7 Å². The normalized spacial score (nSPS) is 12.0. The molecule has 0 atom stereocenters. The summed E-state index contributed by atoms with van der Waals surface area (Å²) in [5, 5.41) is 4.88. The van der Waals surface area contributed by atoms with Crippen molar-refractivity contribution in [2.75, 3.05) is 0 Å². The summed E-state index contributed by atoms with van der Waals surface area (Å²) in [6.07, 6.45) is 0. The van der Waals surface area contributed by atoms with Crippen LogP contribution in [0.25, 0.3) is 104 Å². The van der Waals surface area contributed by atoms with Crippen molar-refractivity contribution in [2.45, 2.75) is 6.54 Å². The van der Waals surface area contributed by atoms with Gasteiger partial charge >= 0.3 is 0 Å². The fourth-order valence-corrected chi connectivity index (χ4v) is 10.3. The number of aliphatic imine (C=N–C) groups is 2. The van der Waals surface area contributed by atoms with Crippen LogP contribution in [0.5, 0.6) is 0 Å². The van der Waals surface area contributed by atoms with Gasteiger partial charge in [-0.2, -0.15) is 0 Å². The lowest BCUT2D eigenvalue weighted by molar-refractivity contribution is 1.07. The van der Waals surface area contributed by atoms with Crippen molar-refractivity contribution in [3.05, 3.63) is 271 Å². The van der Waals surface area contributed by atoms with Gasteiger partial charge in [0.15, 0.2) is 11.5 Å². The summed E-state index contributed by atoms with van der Waals surface area (Å²) in [6.45, 7) is 8.81. The first kappa shape index (κ1) is 42.0. The van der Waals surface area contributed by atoms with E-state index in [0.29, 0.717) is 23.9 Å². The first-order chi connectivity index (χ1) is 34.6. The molecule has 11 aromatic rings. The topological polar surface area (TPSA) is 55.1 Å². The third-order valence-corrected chi connectivity index (χ3v) is 13.6. The number of nitrogens with zero attached hydrogens (tertiary/aromatic N) is 3. The quantitative estimate of drug-likeness (QED) is 0.0876. The monoisotopic (exact) mass is 892 g/mol. The number of fused-ring (bicyclic) bond motifs is 4. The zero-order valence-electron chi connectivity index (χ0n) is 38.2. The van der Waals surface area contributed by atoms with E-state index in [9.17, 15) is 0 Å². The molecule has 4 heteroatoms. The molecule has 0 spiro atoms. The van der Waals surface area contributed by atoms with Crippen LogP contribution in [0.3, 0.4) is 0 Å². The zero-order chi connectivity index (χ0) is 47.0. The van der Waals surface area contributed by atoms with Gasteiger partial charge in [-0.3, -0.25) is 4.99 Å². The smallest absolute Gasteiger partial charge is 0.194 e. The van der Waals surface area contributed by atoms with E-state index in [2.05, 4.69) is 187 Å². The molecule has 12 rings (SSSR count). The highest BCUT2D eigenvalue weighted by molar-refractivity contribution is 6.19. The van der Waals surface area contributed by atoms with Crippen LogP contribution in [0, 0.1) is 6.57 Å². The van der Waals surface area contributed by atoms with Crippen LogP contribution in [0.4, 0.5) is 5.69 Å². The maximum Gasteiger partial charge on any atom is 0.194 e. The highest BCUT2D eigenvalue weighted by Crippen LogP contribution is 2.50. The number of hydrogen-bond donors (Lipinski definition) is 1. The molecule has 0 radical (unpaired) electrons. The molecule has 0 saturated carbocycles. The van der Waals surface area contributed by atoms with Crippen molar-refractivity contribution in [3.63, 3.8) is 0 Å². The van der Waals surface area contributed by atoms with E-state index < -0.39 is 0 Å². The molecule has 0 aromatic heterocycles. The molecule has 328 valence electrons. The second-order valence-corrected chi connectivity index (χ2v) is 17.6. The molecule has 1 aliphatic rings. The van der Waals surface area contributed by atoms with Crippen molar-refractivity contribution >= 4 is 38.9 Å². The maximum absolute atomic E-state index is 8.40. The highest BCUT2D eigenvalue weighted by Gasteiger charge is 2.23. The van der Waals surface area contributed by atoms with Gasteiger partial charge in [0.25, 0.3) is 0 Å². The van der Waals surface area contributed by atoms with Crippen molar-refractivity contribution in [1.82, 2.24) is 0 Å². The lowest BCUT2D eigenvalue weighted by atomic mass is 9.88. The molecule has 0 bridgehead atoms. The fraction of sp³-hybridized carbons (Fsp3) is 0.0152. The van der Waals surface area contributed by atoms with Gasteiger partial charge < -0.3 is 5.73 Å². The van der Waals surface area contributed by atoms with Gasteiger partial charge in [0, 0.05) is 11.1 Å². The molecule has 11 aromatic carbocycles. The van der Waals surface area contributed by atoms with Crippen molar-refractivity contribution in [2.24, 2.45) is 15.7 Å². The van der Waals surface area contributed by atoms with Crippen molar-refractivity contribution < 1.29 is 0 Å². The van der Waals surface area contributed by atoms with E-state index in [1.165, 1.54) is 44.2 Å². The first-order valence-electron chi connectivity index (χ1n) is 23.6. The molecule has 0 saturated heterocycles. The van der Waals surface area contributed by atoms with Gasteiger partial charge in [0.05, 0.1) is 13.1 Å². The van der Waals surface area contributed by atoms with Crippen LogP contribution >= 0.6 is 0 Å². The minimum absolute atomic E-state index is 0.379. The molecule has 4 nitrogen and oxygen atoms in total. The van der Waals surface area contributed by atoms with E-state index in [4.69, 9.17) is 22.3 Å². The van der Waals surface area contributed by atoms with E-state index in [1.54, 1.807) is 0 Å². The third kappa shape index (κ3) is 7.53. The average Bonchev–Trinajstić information content (AvgIpc) is 3.76. The Bertz CT molecular complexity index is 3910. The zero-order valence-corrected chi connectivity index (χ0v) is 38.2. The maximum atomic E-state index is 8.40. The molecule has 0 unspecified atom stereocenters. The summed E-state index contributed by atoms with van der Waals surface area (Å²) in [5.74, 6) is 0.905. The van der Waals surface area contributed by atoms with Crippen molar-refractivity contribution in [1.29, 1.82) is 0 Å². The Hall–Kier alpha value is -9.43. The summed E-state index contributed by atoms with van der Waals surface area (Å²) in [7, 11) is 0. The molecule has 1 aliphatic carbocycles. The Kier molecular flexibility index (Phi) is 10.8. The second kappa shape index (κ2) is 18.0. The van der Waals surface area contributed by atoms with Gasteiger partial charge in [0.1, 0.15) is 5.84 Å².